The molecule has 1 N–H and O–H groups in total. The molecule has 0 unspecified atom stereocenters. The van der Waals surface area contributed by atoms with Gasteiger partial charge in [-0.25, -0.2) is 9.07 Å². The van der Waals surface area contributed by atoms with Crippen molar-refractivity contribution < 1.29 is 9.18 Å². The van der Waals surface area contributed by atoms with Gasteiger partial charge in [-0.15, -0.1) is 0 Å². The number of rotatable bonds is 6. The zero-order chi connectivity index (χ0) is 20.1. The predicted molar refractivity (Wildman–Crippen MR) is 109 cm³/mol. The van der Waals surface area contributed by atoms with Crippen LogP contribution in [0.15, 0.2) is 69.9 Å². The number of hydrogen-bond acceptors (Lipinski definition) is 3. The number of hydrogen-bond donors (Lipinski definition) is 1. The van der Waals surface area contributed by atoms with Crippen molar-refractivity contribution in [3.8, 4) is 11.3 Å². The first-order valence-corrected chi connectivity index (χ1v) is 9.60. The highest BCUT2D eigenvalue weighted by atomic mass is 79.9. The monoisotopic (exact) mass is 443 g/mol. The molecule has 0 saturated carbocycles. The zero-order valence-corrected chi connectivity index (χ0v) is 16.8. The van der Waals surface area contributed by atoms with E-state index in [4.69, 9.17) is 0 Å². The van der Waals surface area contributed by atoms with Crippen LogP contribution in [0.4, 0.5) is 4.39 Å². The SMILES string of the molecule is C[C@@H](NC(=O)CCn1nc(-c2ccc(Br)cc2)ccc1=O)c1ccc(F)cc1. The van der Waals surface area contributed by atoms with Crippen molar-refractivity contribution >= 4 is 21.8 Å². The van der Waals surface area contributed by atoms with E-state index in [2.05, 4.69) is 26.3 Å². The first-order chi connectivity index (χ1) is 13.4. The minimum absolute atomic E-state index is 0.113. The highest BCUT2D eigenvalue weighted by molar-refractivity contribution is 9.10. The largest absolute Gasteiger partial charge is 0.350 e. The van der Waals surface area contributed by atoms with Gasteiger partial charge in [0.25, 0.3) is 5.56 Å². The van der Waals surface area contributed by atoms with Crippen molar-refractivity contribution in [2.45, 2.75) is 25.9 Å². The van der Waals surface area contributed by atoms with Crippen molar-refractivity contribution in [3.05, 3.63) is 86.9 Å². The average Bonchev–Trinajstić information content (AvgIpc) is 2.68. The van der Waals surface area contributed by atoms with Gasteiger partial charge in [0.15, 0.2) is 0 Å². The van der Waals surface area contributed by atoms with E-state index < -0.39 is 0 Å². The summed E-state index contributed by atoms with van der Waals surface area (Å²) in [7, 11) is 0. The summed E-state index contributed by atoms with van der Waals surface area (Å²) in [5.41, 5.74) is 2.08. The van der Waals surface area contributed by atoms with E-state index in [0.29, 0.717) is 5.69 Å². The Morgan fingerprint density at radius 1 is 1.11 bits per heavy atom. The van der Waals surface area contributed by atoms with Crippen LogP contribution in [-0.4, -0.2) is 15.7 Å². The molecule has 3 rings (SSSR count). The number of benzene rings is 2. The first kappa shape index (κ1) is 19.9. The second-order valence-corrected chi connectivity index (χ2v) is 7.29. The summed E-state index contributed by atoms with van der Waals surface area (Å²) in [6.07, 6.45) is 0.113. The van der Waals surface area contributed by atoms with E-state index in [1.54, 1.807) is 18.2 Å². The molecular formula is C21H19BrFN3O2. The minimum Gasteiger partial charge on any atom is -0.350 e. The van der Waals surface area contributed by atoms with Gasteiger partial charge in [-0.3, -0.25) is 9.59 Å². The Kier molecular flexibility index (Phi) is 6.36. The highest BCUT2D eigenvalue weighted by Gasteiger charge is 2.11. The standard InChI is InChI=1S/C21H19BrFN3O2/c1-14(15-4-8-18(23)9-5-15)24-20(27)12-13-26-21(28)11-10-19(25-26)16-2-6-17(22)7-3-16/h2-11,14H,12-13H2,1H3,(H,24,27)/t14-/m1/s1. The zero-order valence-electron chi connectivity index (χ0n) is 15.2. The summed E-state index contributed by atoms with van der Waals surface area (Å²) in [5.74, 6) is -0.530. The molecular weight excluding hydrogens is 425 g/mol. The van der Waals surface area contributed by atoms with Gasteiger partial charge in [0.05, 0.1) is 18.3 Å². The molecule has 0 aliphatic carbocycles. The van der Waals surface area contributed by atoms with Crippen LogP contribution in [0, 0.1) is 5.82 Å². The fourth-order valence-corrected chi connectivity index (χ4v) is 3.00. The summed E-state index contributed by atoms with van der Waals surface area (Å²) in [4.78, 5) is 24.3. The Hall–Kier alpha value is -2.80. The van der Waals surface area contributed by atoms with Crippen molar-refractivity contribution in [2.24, 2.45) is 0 Å². The van der Waals surface area contributed by atoms with Crippen molar-refractivity contribution in [1.29, 1.82) is 0 Å². The molecule has 144 valence electrons. The molecule has 7 heteroatoms. The smallest absolute Gasteiger partial charge is 0.266 e. The number of amides is 1. The number of nitrogens with one attached hydrogen (secondary N) is 1. The van der Waals surface area contributed by atoms with Crippen LogP contribution in [0.5, 0.6) is 0 Å². The van der Waals surface area contributed by atoms with Crippen molar-refractivity contribution in [3.63, 3.8) is 0 Å². The Bertz CT molecular complexity index is 1020. The fraction of sp³-hybridized carbons (Fsp3) is 0.190. The third-order valence-corrected chi connectivity index (χ3v) is 4.83. The lowest BCUT2D eigenvalue weighted by Gasteiger charge is -2.14. The van der Waals surface area contributed by atoms with Crippen LogP contribution >= 0.6 is 15.9 Å². The number of carbonyl (C=O) groups excluding carboxylic acids is 1. The quantitative estimate of drug-likeness (QED) is 0.624. The highest BCUT2D eigenvalue weighted by Crippen LogP contribution is 2.19. The molecule has 1 amide bonds. The molecule has 0 bridgehead atoms. The maximum absolute atomic E-state index is 13.0. The van der Waals surface area contributed by atoms with E-state index in [-0.39, 0.29) is 36.3 Å². The Morgan fingerprint density at radius 2 is 1.79 bits per heavy atom. The van der Waals surface area contributed by atoms with Gasteiger partial charge in [-0.05, 0) is 42.8 Å². The van der Waals surface area contributed by atoms with E-state index >= 15 is 0 Å². The number of aromatic nitrogens is 2. The van der Waals surface area contributed by atoms with Gasteiger partial charge in [-0.2, -0.15) is 5.10 Å². The third kappa shape index (κ3) is 5.13. The van der Waals surface area contributed by atoms with Gasteiger partial charge >= 0.3 is 0 Å². The second kappa shape index (κ2) is 8.93. The Morgan fingerprint density at radius 3 is 2.46 bits per heavy atom. The lowest BCUT2D eigenvalue weighted by atomic mass is 10.1. The van der Waals surface area contributed by atoms with Crippen LogP contribution in [-0.2, 0) is 11.3 Å². The van der Waals surface area contributed by atoms with E-state index in [1.807, 2.05) is 31.2 Å². The van der Waals surface area contributed by atoms with Crippen LogP contribution in [0.2, 0.25) is 0 Å². The topological polar surface area (TPSA) is 64.0 Å². The van der Waals surface area contributed by atoms with Gasteiger partial charge in [0.2, 0.25) is 5.91 Å². The Labute approximate surface area is 170 Å². The summed E-state index contributed by atoms with van der Waals surface area (Å²) in [6, 6.07) is 16.4. The van der Waals surface area contributed by atoms with E-state index in [1.165, 1.54) is 22.9 Å². The van der Waals surface area contributed by atoms with E-state index in [9.17, 15) is 14.0 Å². The molecule has 0 radical (unpaired) electrons. The summed E-state index contributed by atoms with van der Waals surface area (Å²) < 4.78 is 15.3. The normalized spacial score (nSPS) is 11.8. The average molecular weight is 444 g/mol. The van der Waals surface area contributed by atoms with Gasteiger partial charge < -0.3 is 5.32 Å². The molecule has 2 aromatic carbocycles. The van der Waals surface area contributed by atoms with Gasteiger partial charge in [0.1, 0.15) is 5.82 Å². The molecule has 1 atom stereocenters. The number of carbonyl (C=O) groups is 1. The molecule has 1 heterocycles. The predicted octanol–water partition coefficient (Wildman–Crippen LogP) is 4.08. The summed E-state index contributed by atoms with van der Waals surface area (Å²) in [5, 5.41) is 7.21. The van der Waals surface area contributed by atoms with Crippen LogP contribution in [0.25, 0.3) is 11.3 Å². The molecule has 5 nitrogen and oxygen atoms in total. The summed E-state index contributed by atoms with van der Waals surface area (Å²) in [6.45, 7) is 1.99. The fourth-order valence-electron chi connectivity index (χ4n) is 2.74. The number of halogens is 2. The molecule has 0 aliphatic heterocycles. The lowest BCUT2D eigenvalue weighted by Crippen LogP contribution is -2.30. The van der Waals surface area contributed by atoms with E-state index in [0.717, 1.165) is 15.6 Å². The minimum atomic E-state index is -0.321. The third-order valence-electron chi connectivity index (χ3n) is 4.30. The lowest BCUT2D eigenvalue weighted by molar-refractivity contribution is -0.122. The van der Waals surface area contributed by atoms with Crippen molar-refractivity contribution in [2.75, 3.05) is 0 Å². The molecule has 1 aromatic heterocycles. The second-order valence-electron chi connectivity index (χ2n) is 6.38. The molecule has 0 fully saturated rings. The maximum atomic E-state index is 13.0. The molecule has 3 aromatic rings. The first-order valence-electron chi connectivity index (χ1n) is 8.81. The van der Waals surface area contributed by atoms with Crippen LogP contribution in [0.1, 0.15) is 24.9 Å². The maximum Gasteiger partial charge on any atom is 0.266 e. The molecule has 0 saturated heterocycles. The van der Waals surface area contributed by atoms with Gasteiger partial charge in [0, 0.05) is 22.5 Å². The molecule has 0 aliphatic rings. The number of aryl methyl sites for hydroxylation is 1. The van der Waals surface area contributed by atoms with Gasteiger partial charge in [-0.1, -0.05) is 40.2 Å². The molecule has 0 spiro atoms. The van der Waals surface area contributed by atoms with Crippen molar-refractivity contribution in [1.82, 2.24) is 15.1 Å². The van der Waals surface area contributed by atoms with Crippen LogP contribution < -0.4 is 10.9 Å². The molecule has 28 heavy (non-hydrogen) atoms. The van der Waals surface area contributed by atoms with Crippen LogP contribution in [0.3, 0.4) is 0 Å². The summed E-state index contributed by atoms with van der Waals surface area (Å²) >= 11 is 3.39. The Balaban J connectivity index is 1.64. The number of nitrogens with zero attached hydrogens (tertiary/aromatic N) is 2.